The van der Waals surface area contributed by atoms with Gasteiger partial charge in [-0.3, -0.25) is 9.59 Å². The van der Waals surface area contributed by atoms with Gasteiger partial charge in [0.2, 0.25) is 0 Å². The first-order valence-corrected chi connectivity index (χ1v) is 11.4. The summed E-state index contributed by atoms with van der Waals surface area (Å²) in [5.41, 5.74) is 1.35. The van der Waals surface area contributed by atoms with Gasteiger partial charge in [-0.25, -0.2) is 4.79 Å². The Hall–Kier alpha value is -4.16. The minimum atomic E-state index is -0.670. The monoisotopic (exact) mass is 477 g/mol. The first-order valence-electron chi connectivity index (χ1n) is 10.5. The molecule has 0 aliphatic carbocycles. The number of nitrogens with zero attached hydrogens (tertiary/aromatic N) is 2. The molecule has 1 heterocycles. The molecule has 9 heteroatoms. The fourth-order valence-electron chi connectivity index (χ4n) is 3.03. The minimum absolute atomic E-state index is 0.131. The van der Waals surface area contributed by atoms with E-state index in [9.17, 15) is 14.4 Å². The highest BCUT2D eigenvalue weighted by Crippen LogP contribution is 2.20. The van der Waals surface area contributed by atoms with Crippen LogP contribution in [0.1, 0.15) is 33.4 Å². The van der Waals surface area contributed by atoms with Crippen LogP contribution in [0.5, 0.6) is 5.75 Å². The fraction of sp³-hybridized carbons (Fsp3) is 0.200. The largest absolute Gasteiger partial charge is 0.494 e. The molecule has 8 nitrogen and oxygen atoms in total. The SMILES string of the molecule is CCOc1ccc(N(CCC#N)C(=O)COC(=O)c2ccc(NC(=O)c3cccs3)cc2)cc1. The second-order valence-electron chi connectivity index (χ2n) is 6.97. The molecule has 0 saturated carbocycles. The summed E-state index contributed by atoms with van der Waals surface area (Å²) in [6.07, 6.45) is 0.131. The summed E-state index contributed by atoms with van der Waals surface area (Å²) >= 11 is 1.33. The number of thiophene rings is 1. The molecule has 0 unspecified atom stereocenters. The normalized spacial score (nSPS) is 10.1. The molecule has 0 spiro atoms. The van der Waals surface area contributed by atoms with E-state index in [1.54, 1.807) is 48.5 Å². The molecule has 34 heavy (non-hydrogen) atoms. The fourth-order valence-corrected chi connectivity index (χ4v) is 3.65. The van der Waals surface area contributed by atoms with Crippen molar-refractivity contribution in [1.29, 1.82) is 5.26 Å². The Kier molecular flexibility index (Phi) is 8.77. The Morgan fingerprint density at radius 2 is 1.79 bits per heavy atom. The average Bonchev–Trinajstić information content (AvgIpc) is 3.40. The van der Waals surface area contributed by atoms with Gasteiger partial charge in [-0.1, -0.05) is 6.07 Å². The van der Waals surface area contributed by atoms with Crippen LogP contribution < -0.4 is 15.0 Å². The number of hydrogen-bond donors (Lipinski definition) is 1. The van der Waals surface area contributed by atoms with Gasteiger partial charge < -0.3 is 19.7 Å². The summed E-state index contributed by atoms with van der Waals surface area (Å²) in [5.74, 6) is -0.688. The summed E-state index contributed by atoms with van der Waals surface area (Å²) < 4.78 is 10.6. The maximum atomic E-state index is 12.7. The van der Waals surface area contributed by atoms with Crippen molar-refractivity contribution in [3.63, 3.8) is 0 Å². The Balaban J connectivity index is 1.58. The smallest absolute Gasteiger partial charge is 0.338 e. The predicted octanol–water partition coefficient (Wildman–Crippen LogP) is 4.50. The molecule has 174 valence electrons. The molecule has 2 aromatic carbocycles. The predicted molar refractivity (Wildman–Crippen MR) is 129 cm³/mol. The number of rotatable bonds is 10. The summed E-state index contributed by atoms with van der Waals surface area (Å²) in [5, 5.41) is 13.5. The van der Waals surface area contributed by atoms with Crippen molar-refractivity contribution >= 4 is 40.5 Å². The molecule has 3 rings (SSSR count). The van der Waals surface area contributed by atoms with Crippen molar-refractivity contribution in [2.75, 3.05) is 30.0 Å². The summed E-state index contributed by atoms with van der Waals surface area (Å²) in [6, 6.07) is 18.6. The average molecular weight is 478 g/mol. The van der Waals surface area contributed by atoms with E-state index in [0.717, 1.165) is 0 Å². The van der Waals surface area contributed by atoms with Gasteiger partial charge in [0.05, 0.1) is 29.5 Å². The van der Waals surface area contributed by atoms with Crippen molar-refractivity contribution in [2.24, 2.45) is 0 Å². The van der Waals surface area contributed by atoms with Crippen LogP contribution in [0.4, 0.5) is 11.4 Å². The van der Waals surface area contributed by atoms with Crippen LogP contribution >= 0.6 is 11.3 Å². The Morgan fingerprint density at radius 1 is 1.06 bits per heavy atom. The molecule has 1 aromatic heterocycles. The maximum Gasteiger partial charge on any atom is 0.338 e. The van der Waals surface area contributed by atoms with Gasteiger partial charge in [-0.2, -0.15) is 5.26 Å². The lowest BCUT2D eigenvalue weighted by Crippen LogP contribution is -2.35. The number of benzene rings is 2. The minimum Gasteiger partial charge on any atom is -0.494 e. The van der Waals surface area contributed by atoms with Crippen LogP contribution in [0.3, 0.4) is 0 Å². The van der Waals surface area contributed by atoms with E-state index in [4.69, 9.17) is 14.7 Å². The van der Waals surface area contributed by atoms with Gasteiger partial charge in [-0.15, -0.1) is 11.3 Å². The Bertz CT molecular complexity index is 1150. The van der Waals surface area contributed by atoms with Crippen LogP contribution in [0.15, 0.2) is 66.0 Å². The maximum absolute atomic E-state index is 12.7. The molecule has 2 amide bonds. The van der Waals surface area contributed by atoms with Crippen LogP contribution in [0.25, 0.3) is 0 Å². The van der Waals surface area contributed by atoms with Crippen LogP contribution in [0.2, 0.25) is 0 Å². The second-order valence-corrected chi connectivity index (χ2v) is 7.91. The van der Waals surface area contributed by atoms with Crippen LogP contribution in [-0.4, -0.2) is 37.5 Å². The molecule has 3 aromatic rings. The lowest BCUT2D eigenvalue weighted by atomic mass is 10.2. The highest BCUT2D eigenvalue weighted by Gasteiger charge is 2.18. The molecule has 1 N–H and O–H groups in total. The number of amides is 2. The van der Waals surface area contributed by atoms with E-state index < -0.39 is 18.5 Å². The number of carbonyl (C=O) groups excluding carboxylic acids is 3. The van der Waals surface area contributed by atoms with Gasteiger partial charge in [0.1, 0.15) is 5.75 Å². The molecule has 0 aliphatic rings. The number of nitrogens with one attached hydrogen (secondary N) is 1. The lowest BCUT2D eigenvalue weighted by molar-refractivity contribution is -0.121. The number of nitriles is 1. The van der Waals surface area contributed by atoms with Gasteiger partial charge in [0.25, 0.3) is 11.8 Å². The van der Waals surface area contributed by atoms with Crippen molar-refractivity contribution in [1.82, 2.24) is 0 Å². The van der Waals surface area contributed by atoms with Gasteiger partial charge >= 0.3 is 5.97 Å². The van der Waals surface area contributed by atoms with Crippen LogP contribution in [0, 0.1) is 11.3 Å². The van der Waals surface area contributed by atoms with Crippen molar-refractivity contribution in [3.05, 3.63) is 76.5 Å². The van der Waals surface area contributed by atoms with E-state index >= 15 is 0 Å². The first kappa shape index (κ1) is 24.5. The van der Waals surface area contributed by atoms with E-state index in [0.29, 0.717) is 28.6 Å². The summed E-state index contributed by atoms with van der Waals surface area (Å²) in [7, 11) is 0. The molecule has 0 aliphatic heterocycles. The molecule has 0 radical (unpaired) electrons. The zero-order valence-corrected chi connectivity index (χ0v) is 19.3. The first-order chi connectivity index (χ1) is 16.5. The topological polar surface area (TPSA) is 109 Å². The quantitative estimate of drug-likeness (QED) is 0.431. The van der Waals surface area contributed by atoms with Crippen molar-refractivity contribution in [3.8, 4) is 11.8 Å². The molecular weight excluding hydrogens is 454 g/mol. The number of carbonyl (C=O) groups is 3. The Labute approximate surface area is 201 Å². The number of ether oxygens (including phenoxy) is 2. The molecule has 0 saturated heterocycles. The van der Waals surface area contributed by atoms with Crippen molar-refractivity contribution < 1.29 is 23.9 Å². The van der Waals surface area contributed by atoms with E-state index in [1.165, 1.54) is 28.4 Å². The van der Waals surface area contributed by atoms with E-state index in [1.807, 2.05) is 18.4 Å². The highest BCUT2D eigenvalue weighted by atomic mass is 32.1. The van der Waals surface area contributed by atoms with E-state index in [2.05, 4.69) is 5.32 Å². The summed E-state index contributed by atoms with van der Waals surface area (Å²) in [4.78, 5) is 39.3. The van der Waals surface area contributed by atoms with Gasteiger partial charge in [0, 0.05) is 17.9 Å². The zero-order valence-electron chi connectivity index (χ0n) is 18.5. The highest BCUT2D eigenvalue weighted by molar-refractivity contribution is 7.12. The van der Waals surface area contributed by atoms with Gasteiger partial charge in [-0.05, 0) is 66.9 Å². The molecule has 0 fully saturated rings. The van der Waals surface area contributed by atoms with Crippen molar-refractivity contribution in [2.45, 2.75) is 13.3 Å². The molecule has 0 bridgehead atoms. The van der Waals surface area contributed by atoms with E-state index in [-0.39, 0.29) is 24.4 Å². The summed E-state index contributed by atoms with van der Waals surface area (Å²) in [6.45, 7) is 2.09. The number of hydrogen-bond acceptors (Lipinski definition) is 7. The standard InChI is InChI=1S/C25H23N3O5S/c1-2-32-21-12-10-20(11-13-21)28(15-4-14-26)23(29)17-33-25(31)18-6-8-19(9-7-18)27-24(30)22-5-3-16-34-22/h3,5-13,16H,2,4,15,17H2,1H3,(H,27,30). The zero-order chi connectivity index (χ0) is 24.3. The third-order valence-electron chi connectivity index (χ3n) is 4.66. The third-order valence-corrected chi connectivity index (χ3v) is 5.53. The number of anilines is 2. The van der Waals surface area contributed by atoms with Crippen LogP contribution in [-0.2, 0) is 9.53 Å². The molecule has 0 atom stereocenters. The number of esters is 1. The Morgan fingerprint density at radius 3 is 2.41 bits per heavy atom. The molecular formula is C25H23N3O5S. The van der Waals surface area contributed by atoms with Gasteiger partial charge in [0.15, 0.2) is 6.61 Å². The third kappa shape index (κ3) is 6.67. The second kappa shape index (κ2) is 12.2. The lowest BCUT2D eigenvalue weighted by Gasteiger charge is -2.22.